The number of quaternary nitrogens is 1. The van der Waals surface area contributed by atoms with E-state index in [9.17, 15) is 5.21 Å². The molecule has 1 unspecified atom stereocenters. The average molecular weight is 289 g/mol. The third-order valence-corrected chi connectivity index (χ3v) is 4.68. The second kappa shape index (κ2) is 4.92. The molecule has 0 aromatic heterocycles. The zero-order valence-electron chi connectivity index (χ0n) is 12.9. The first-order chi connectivity index (χ1) is 9.87. The number of fused-ring (bicyclic) bond motifs is 1. The van der Waals surface area contributed by atoms with Crippen LogP contribution in [0.4, 0.5) is 0 Å². The van der Waals surface area contributed by atoms with Crippen LogP contribution in [0, 0.1) is 5.21 Å². The van der Waals surface area contributed by atoms with Crippen LogP contribution < -0.4 is 0 Å². The summed E-state index contributed by atoms with van der Waals surface area (Å²) >= 11 is 0. The van der Waals surface area contributed by atoms with Crippen molar-refractivity contribution in [3.63, 3.8) is 0 Å². The number of nitrogens with zero attached hydrogens (tertiary/aromatic N) is 1. The number of hydrogen-bond acceptors (Lipinski definition) is 3. The number of likely N-dealkylation sites (tertiary alicyclic amines) is 1. The summed E-state index contributed by atoms with van der Waals surface area (Å²) in [6, 6.07) is 9.38. The zero-order valence-corrected chi connectivity index (χ0v) is 12.9. The smallest absolute Gasteiger partial charge is 0.164 e. The van der Waals surface area contributed by atoms with Gasteiger partial charge in [-0.15, -0.1) is 0 Å². The van der Waals surface area contributed by atoms with Gasteiger partial charge in [-0.25, -0.2) is 0 Å². The van der Waals surface area contributed by atoms with Crippen molar-refractivity contribution in [1.82, 2.24) is 0 Å². The van der Waals surface area contributed by atoms with Crippen LogP contribution in [0.1, 0.15) is 26.3 Å². The van der Waals surface area contributed by atoms with Crippen LogP contribution in [-0.2, 0) is 16.0 Å². The fourth-order valence-corrected chi connectivity index (χ4v) is 3.65. The van der Waals surface area contributed by atoms with Gasteiger partial charge >= 0.3 is 0 Å². The summed E-state index contributed by atoms with van der Waals surface area (Å²) in [4.78, 5) is 0. The van der Waals surface area contributed by atoms with Gasteiger partial charge in [-0.05, 0) is 26.8 Å². The summed E-state index contributed by atoms with van der Waals surface area (Å²) in [7, 11) is 0. The van der Waals surface area contributed by atoms with Crippen molar-refractivity contribution in [3.05, 3.63) is 53.8 Å². The minimum absolute atomic E-state index is 0.177. The monoisotopic (exact) mass is 289 g/mol. The van der Waals surface area contributed by atoms with Crippen molar-refractivity contribution in [3.8, 4) is 0 Å². The van der Waals surface area contributed by atoms with Crippen LogP contribution in [0.5, 0.6) is 0 Å². The molecule has 3 rings (SSSR count). The molecule has 2 aliphatic heterocycles. The maximum absolute atomic E-state index is 13.5. The Balaban J connectivity index is 1.90. The van der Waals surface area contributed by atoms with E-state index in [1.165, 1.54) is 0 Å². The van der Waals surface area contributed by atoms with E-state index in [1.54, 1.807) is 6.08 Å². The van der Waals surface area contributed by atoms with Gasteiger partial charge in [0.1, 0.15) is 30.8 Å². The molecule has 0 N–H and O–H groups in total. The molecular weight excluding hydrogens is 266 g/mol. The van der Waals surface area contributed by atoms with Crippen molar-refractivity contribution in [2.24, 2.45) is 0 Å². The predicted octanol–water partition coefficient (Wildman–Crippen LogP) is 2.98. The molecule has 0 bridgehead atoms. The molecule has 2 heterocycles. The molecule has 0 spiro atoms. The van der Waals surface area contributed by atoms with Gasteiger partial charge < -0.3 is 19.3 Å². The Bertz CT molecular complexity index is 530. The average Bonchev–Trinajstić information content (AvgIpc) is 2.83. The normalized spacial score (nSPS) is 41.0. The Morgan fingerprint density at radius 1 is 1.24 bits per heavy atom. The van der Waals surface area contributed by atoms with Crippen LogP contribution in [0.2, 0.25) is 0 Å². The van der Waals surface area contributed by atoms with Crippen molar-refractivity contribution in [2.45, 2.75) is 57.4 Å². The molecule has 1 aromatic rings. The standard InChI is InChI=1S/C17H23NO3/c1-5-14-16-15(20-17(3,4)21-16)12(2)18(14,19)11-13-9-7-6-8-10-13/h5-10,12,14-16H,1,11H2,2-4H3/t12-,14+,15-,16+,18?/m1/s1. The topological polar surface area (TPSA) is 41.5 Å². The molecule has 2 fully saturated rings. The van der Waals surface area contributed by atoms with E-state index >= 15 is 0 Å². The molecule has 5 atom stereocenters. The van der Waals surface area contributed by atoms with E-state index in [4.69, 9.17) is 9.47 Å². The van der Waals surface area contributed by atoms with Crippen LogP contribution in [0.15, 0.2) is 43.0 Å². The maximum Gasteiger partial charge on any atom is 0.164 e. The molecule has 1 aromatic carbocycles. The summed E-state index contributed by atoms with van der Waals surface area (Å²) in [5.41, 5.74) is 1.03. The first-order valence-electron chi connectivity index (χ1n) is 7.48. The molecular formula is C17H23NO3. The van der Waals surface area contributed by atoms with Gasteiger partial charge in [0, 0.05) is 5.56 Å². The van der Waals surface area contributed by atoms with Crippen LogP contribution >= 0.6 is 0 Å². The second-order valence-electron chi connectivity index (χ2n) is 6.53. The lowest BCUT2D eigenvalue weighted by atomic mass is 10.1. The van der Waals surface area contributed by atoms with E-state index in [1.807, 2.05) is 51.1 Å². The quantitative estimate of drug-likeness (QED) is 0.488. The lowest BCUT2D eigenvalue weighted by Gasteiger charge is -2.48. The Morgan fingerprint density at radius 2 is 1.86 bits per heavy atom. The van der Waals surface area contributed by atoms with Gasteiger partial charge in [0.2, 0.25) is 0 Å². The van der Waals surface area contributed by atoms with Gasteiger partial charge in [-0.1, -0.05) is 36.9 Å². The summed E-state index contributed by atoms with van der Waals surface area (Å²) in [5.74, 6) is -0.622. The van der Waals surface area contributed by atoms with Crippen molar-refractivity contribution >= 4 is 0 Å². The summed E-state index contributed by atoms with van der Waals surface area (Å²) in [5, 5.41) is 13.5. The lowest BCUT2D eigenvalue weighted by molar-refractivity contribution is -0.924. The highest BCUT2D eigenvalue weighted by atomic mass is 16.8. The van der Waals surface area contributed by atoms with E-state index in [2.05, 4.69) is 6.58 Å². The van der Waals surface area contributed by atoms with Crippen molar-refractivity contribution in [1.29, 1.82) is 0 Å². The SMILES string of the molecule is C=C[C@H]1[C@@H]2OC(C)(C)O[C@@H]2[C@@H](C)[N+]1([O-])Cc1ccccc1. The lowest BCUT2D eigenvalue weighted by Crippen LogP contribution is -2.53. The highest BCUT2D eigenvalue weighted by Crippen LogP contribution is 2.45. The molecule has 2 saturated heterocycles. The van der Waals surface area contributed by atoms with Gasteiger partial charge in [0.25, 0.3) is 0 Å². The van der Waals surface area contributed by atoms with Crippen molar-refractivity contribution in [2.75, 3.05) is 0 Å². The first kappa shape index (κ1) is 14.7. The molecule has 114 valence electrons. The number of ether oxygens (including phenoxy) is 2. The fraction of sp³-hybridized carbons (Fsp3) is 0.529. The Kier molecular flexibility index (Phi) is 3.45. The number of hydroxylamine groups is 3. The van der Waals surface area contributed by atoms with Crippen molar-refractivity contribution < 1.29 is 14.1 Å². The molecule has 21 heavy (non-hydrogen) atoms. The van der Waals surface area contributed by atoms with E-state index < -0.39 is 5.79 Å². The number of hydrogen-bond donors (Lipinski definition) is 0. The Hall–Kier alpha value is -1.20. The van der Waals surface area contributed by atoms with Gasteiger partial charge in [0.15, 0.2) is 5.79 Å². The summed E-state index contributed by atoms with van der Waals surface area (Å²) in [6.07, 6.45) is 1.35. The number of rotatable bonds is 3. The van der Waals surface area contributed by atoms with Gasteiger partial charge in [-0.2, -0.15) is 0 Å². The van der Waals surface area contributed by atoms with Crippen LogP contribution in [0.3, 0.4) is 0 Å². The maximum atomic E-state index is 13.5. The fourth-order valence-electron chi connectivity index (χ4n) is 3.65. The Labute approximate surface area is 126 Å². The predicted molar refractivity (Wildman–Crippen MR) is 81.0 cm³/mol. The number of benzene rings is 1. The molecule has 0 saturated carbocycles. The highest BCUT2D eigenvalue weighted by Gasteiger charge is 2.61. The highest BCUT2D eigenvalue weighted by molar-refractivity contribution is 5.15. The van der Waals surface area contributed by atoms with E-state index in [0.29, 0.717) is 6.54 Å². The zero-order chi connectivity index (χ0) is 15.3. The molecule has 4 heteroatoms. The molecule has 0 radical (unpaired) electrons. The Morgan fingerprint density at radius 3 is 2.48 bits per heavy atom. The van der Waals surface area contributed by atoms with Crippen LogP contribution in [-0.4, -0.2) is 34.7 Å². The molecule has 0 amide bonds. The summed E-state index contributed by atoms with van der Waals surface area (Å²) < 4.78 is 11.6. The largest absolute Gasteiger partial charge is 0.632 e. The van der Waals surface area contributed by atoms with E-state index in [0.717, 1.165) is 5.56 Å². The second-order valence-corrected chi connectivity index (χ2v) is 6.53. The van der Waals surface area contributed by atoms with Crippen LogP contribution in [0.25, 0.3) is 0 Å². The molecule has 4 nitrogen and oxygen atoms in total. The minimum atomic E-state index is -0.622. The summed E-state index contributed by atoms with van der Waals surface area (Å²) in [6.45, 7) is 10.0. The van der Waals surface area contributed by atoms with Gasteiger partial charge in [0.05, 0.1) is 0 Å². The first-order valence-corrected chi connectivity index (χ1v) is 7.48. The third kappa shape index (κ3) is 2.32. The minimum Gasteiger partial charge on any atom is -0.632 e. The molecule has 2 aliphatic rings. The van der Waals surface area contributed by atoms with Gasteiger partial charge in [-0.3, -0.25) is 0 Å². The molecule has 0 aliphatic carbocycles. The third-order valence-electron chi connectivity index (χ3n) is 4.68. The van der Waals surface area contributed by atoms with E-state index in [-0.39, 0.29) is 28.9 Å².